The van der Waals surface area contributed by atoms with Gasteiger partial charge < -0.3 is 5.11 Å². The number of carbonyl (C=O) groups excluding carboxylic acids is 1. The van der Waals surface area contributed by atoms with Crippen LogP contribution in [0.2, 0.25) is 5.02 Å². The monoisotopic (exact) mass is 458 g/mol. The summed E-state index contributed by atoms with van der Waals surface area (Å²) in [6.45, 7) is 6.92. The average Bonchev–Trinajstić information content (AvgIpc) is 2.97. The molecule has 0 heterocycles. The number of aliphatic hydroxyl groups is 1. The molecule has 168 valence electrons. The maximum absolute atomic E-state index is 13.0. The topological polar surface area (TPSA) is 37.3 Å². The first-order valence-electron chi connectivity index (χ1n) is 12.0. The summed E-state index contributed by atoms with van der Waals surface area (Å²) < 4.78 is 0. The van der Waals surface area contributed by atoms with Crippen molar-refractivity contribution in [1.82, 2.24) is 0 Å². The van der Waals surface area contributed by atoms with E-state index in [-0.39, 0.29) is 10.8 Å². The molecule has 5 rings (SSSR count). The smallest absolute Gasteiger partial charge is 0.159 e. The Bertz CT molecular complexity index is 906. The van der Waals surface area contributed by atoms with Gasteiger partial charge in [0.05, 0.1) is 5.60 Å². The highest BCUT2D eigenvalue weighted by Gasteiger charge is 2.63. The van der Waals surface area contributed by atoms with Crippen molar-refractivity contribution in [1.29, 1.82) is 0 Å². The second-order valence-electron chi connectivity index (χ2n) is 11.4. The van der Waals surface area contributed by atoms with Gasteiger partial charge in [0, 0.05) is 21.9 Å². The predicted octanol–water partition coefficient (Wildman–Crippen LogP) is 7.29. The lowest BCUT2D eigenvalue weighted by Gasteiger charge is -2.61. The van der Waals surface area contributed by atoms with Gasteiger partial charge in [0.2, 0.25) is 0 Å². The van der Waals surface area contributed by atoms with Gasteiger partial charge in [-0.3, -0.25) is 4.79 Å². The van der Waals surface area contributed by atoms with Crippen LogP contribution in [-0.4, -0.2) is 16.5 Å². The largest absolute Gasteiger partial charge is 0.390 e. The molecule has 0 radical (unpaired) electrons. The zero-order chi connectivity index (χ0) is 22.0. The Labute approximate surface area is 196 Å². The van der Waals surface area contributed by atoms with Gasteiger partial charge in [-0.25, -0.2) is 0 Å². The van der Waals surface area contributed by atoms with Gasteiger partial charge >= 0.3 is 0 Å². The van der Waals surface area contributed by atoms with Crippen molar-refractivity contribution in [2.45, 2.75) is 82.6 Å². The molecule has 0 aliphatic heterocycles. The first-order chi connectivity index (χ1) is 14.6. The highest BCUT2D eigenvalue weighted by molar-refractivity contribution is 8.02. The highest BCUT2D eigenvalue weighted by Crippen LogP contribution is 2.68. The third kappa shape index (κ3) is 3.45. The van der Waals surface area contributed by atoms with Gasteiger partial charge in [-0.1, -0.05) is 37.2 Å². The predicted molar refractivity (Wildman–Crippen MR) is 128 cm³/mol. The van der Waals surface area contributed by atoms with E-state index in [2.05, 4.69) is 26.2 Å². The summed E-state index contributed by atoms with van der Waals surface area (Å²) in [5.41, 5.74) is 0.763. The third-order valence-corrected chi connectivity index (χ3v) is 11.3. The van der Waals surface area contributed by atoms with Crippen LogP contribution in [0, 0.1) is 34.5 Å². The van der Waals surface area contributed by atoms with Crippen molar-refractivity contribution < 1.29 is 9.90 Å². The van der Waals surface area contributed by atoms with E-state index in [0.717, 1.165) is 34.8 Å². The fraction of sp³-hybridized carbons (Fsp3) is 0.667. The second-order valence-corrected chi connectivity index (χ2v) is 12.8. The van der Waals surface area contributed by atoms with Gasteiger partial charge in [0.25, 0.3) is 0 Å². The zero-order valence-corrected chi connectivity index (χ0v) is 20.6. The first kappa shape index (κ1) is 22.0. The molecule has 31 heavy (non-hydrogen) atoms. The molecule has 4 aliphatic rings. The molecule has 0 spiro atoms. The number of allylic oxidation sites excluding steroid dienone is 1. The van der Waals surface area contributed by atoms with E-state index in [4.69, 9.17) is 11.6 Å². The third-order valence-electron chi connectivity index (χ3n) is 10.1. The summed E-state index contributed by atoms with van der Waals surface area (Å²) >= 11 is 7.66. The number of Topliss-reactive ketones (excluding diaryl/α,β-unsaturated/α-hetero) is 1. The van der Waals surface area contributed by atoms with Crippen molar-refractivity contribution >= 4 is 29.1 Å². The SMILES string of the molecule is C[C@]12C/C(=C\Sc3ccc(Cl)cc3)C(=O)C[C@@H]1CC[C@@H]1[C@@H]2CC[C@@]2(C)[C@H]1CC[C@]2(C)O. The van der Waals surface area contributed by atoms with Crippen LogP contribution in [0.15, 0.2) is 40.1 Å². The molecule has 4 aliphatic carbocycles. The molecule has 1 aromatic rings. The second kappa shape index (κ2) is 7.64. The van der Waals surface area contributed by atoms with E-state index in [1.54, 1.807) is 11.8 Å². The van der Waals surface area contributed by atoms with Crippen molar-refractivity contribution in [3.05, 3.63) is 40.3 Å². The van der Waals surface area contributed by atoms with Crippen LogP contribution in [-0.2, 0) is 4.79 Å². The fourth-order valence-corrected chi connectivity index (χ4v) is 8.92. The minimum atomic E-state index is -0.525. The van der Waals surface area contributed by atoms with Crippen molar-refractivity contribution in [3.8, 4) is 0 Å². The normalized spacial score (nSPS) is 45.8. The summed E-state index contributed by atoms with van der Waals surface area (Å²) in [7, 11) is 0. The number of hydrogen-bond acceptors (Lipinski definition) is 3. The zero-order valence-electron chi connectivity index (χ0n) is 19.0. The lowest BCUT2D eigenvalue weighted by atomic mass is 9.44. The van der Waals surface area contributed by atoms with Crippen molar-refractivity contribution in [2.75, 3.05) is 0 Å². The molecule has 1 aromatic carbocycles. The molecule has 4 saturated carbocycles. The Balaban J connectivity index is 1.39. The highest BCUT2D eigenvalue weighted by atomic mass is 35.5. The lowest BCUT2D eigenvalue weighted by molar-refractivity contribution is -0.147. The fourth-order valence-electron chi connectivity index (χ4n) is 8.01. The van der Waals surface area contributed by atoms with E-state index in [0.29, 0.717) is 35.9 Å². The Kier molecular flexibility index (Phi) is 5.43. The molecule has 1 N–H and O–H groups in total. The molecule has 2 nitrogen and oxygen atoms in total. The number of ketones is 1. The van der Waals surface area contributed by atoms with E-state index >= 15 is 0 Å². The van der Waals surface area contributed by atoms with E-state index in [9.17, 15) is 9.90 Å². The molecule has 0 aromatic heterocycles. The van der Waals surface area contributed by atoms with Crippen LogP contribution in [0.25, 0.3) is 0 Å². The molecule has 7 atom stereocenters. The minimum absolute atomic E-state index is 0.0605. The number of carbonyl (C=O) groups is 1. The molecular formula is C27H35ClO2S. The number of thioether (sulfide) groups is 1. The molecule has 0 bridgehead atoms. The van der Waals surface area contributed by atoms with Crippen LogP contribution in [0.5, 0.6) is 0 Å². The van der Waals surface area contributed by atoms with Crippen LogP contribution in [0.3, 0.4) is 0 Å². The molecule has 0 unspecified atom stereocenters. The Hall–Kier alpha value is -0.770. The van der Waals surface area contributed by atoms with Gasteiger partial charge in [-0.15, -0.1) is 0 Å². The standard InChI is InChI=1S/C27H35ClO2S/c1-25-15-17(16-31-20-7-5-19(28)6-8-20)24(29)14-18(25)4-9-21-22(25)10-12-26(2)23(21)11-13-27(26,3)30/h5-8,16,18,21-23,30H,4,9-15H2,1-3H3/b17-16+/t18-,21+,22-,23-,25-,26-,27-/m0/s1. The summed E-state index contributed by atoms with van der Waals surface area (Å²) in [5.74, 6) is 2.88. The van der Waals surface area contributed by atoms with Gasteiger partial charge in [-0.05, 0) is 116 Å². The maximum atomic E-state index is 13.0. The maximum Gasteiger partial charge on any atom is 0.159 e. The lowest BCUT2D eigenvalue weighted by Crippen LogP contribution is -2.56. The van der Waals surface area contributed by atoms with E-state index in [1.807, 2.05) is 24.3 Å². The number of benzene rings is 1. The van der Waals surface area contributed by atoms with Gasteiger partial charge in [0.1, 0.15) is 0 Å². The minimum Gasteiger partial charge on any atom is -0.390 e. The molecule has 4 heteroatoms. The summed E-state index contributed by atoms with van der Waals surface area (Å²) in [6.07, 6.45) is 8.49. The van der Waals surface area contributed by atoms with E-state index < -0.39 is 5.60 Å². The van der Waals surface area contributed by atoms with Crippen LogP contribution >= 0.6 is 23.4 Å². The van der Waals surface area contributed by atoms with Crippen molar-refractivity contribution in [2.24, 2.45) is 34.5 Å². The van der Waals surface area contributed by atoms with Crippen LogP contribution < -0.4 is 0 Å². The summed E-state index contributed by atoms with van der Waals surface area (Å²) in [4.78, 5) is 14.1. The number of halogens is 1. The molecule has 0 saturated heterocycles. The molecular weight excluding hydrogens is 424 g/mol. The van der Waals surface area contributed by atoms with Gasteiger partial charge in [0.15, 0.2) is 5.78 Å². The average molecular weight is 459 g/mol. The number of rotatable bonds is 2. The van der Waals surface area contributed by atoms with Crippen LogP contribution in [0.1, 0.15) is 72.1 Å². The van der Waals surface area contributed by atoms with Crippen molar-refractivity contribution in [3.63, 3.8) is 0 Å². The van der Waals surface area contributed by atoms with Crippen LogP contribution in [0.4, 0.5) is 0 Å². The quantitative estimate of drug-likeness (QED) is 0.373. The molecule has 0 amide bonds. The number of hydrogen-bond donors (Lipinski definition) is 1. The van der Waals surface area contributed by atoms with E-state index in [1.165, 1.54) is 25.7 Å². The summed E-state index contributed by atoms with van der Waals surface area (Å²) in [6, 6.07) is 7.85. The molecule has 4 fully saturated rings. The Morgan fingerprint density at radius 3 is 2.48 bits per heavy atom. The Morgan fingerprint density at radius 2 is 1.74 bits per heavy atom. The number of fused-ring (bicyclic) bond motifs is 5. The van der Waals surface area contributed by atoms with Gasteiger partial charge in [-0.2, -0.15) is 0 Å². The summed E-state index contributed by atoms with van der Waals surface area (Å²) in [5, 5.41) is 14.0. The Morgan fingerprint density at radius 1 is 1.03 bits per heavy atom. The first-order valence-corrected chi connectivity index (χ1v) is 13.3.